The third kappa shape index (κ3) is 6.01. The van der Waals surface area contributed by atoms with Crippen molar-refractivity contribution in [2.24, 2.45) is 0 Å². The van der Waals surface area contributed by atoms with Gasteiger partial charge in [-0.05, 0) is 30.5 Å². The van der Waals surface area contributed by atoms with Crippen molar-refractivity contribution in [3.05, 3.63) is 47.5 Å². The molecule has 2 aliphatic rings. The first-order valence-electron chi connectivity index (χ1n) is 11.4. The first-order valence-corrected chi connectivity index (χ1v) is 11.4. The second kappa shape index (κ2) is 10.5. The molecule has 4 rings (SSSR count). The van der Waals surface area contributed by atoms with Crippen LogP contribution in [0.5, 0.6) is 0 Å². The van der Waals surface area contributed by atoms with E-state index in [1.165, 1.54) is 12.1 Å². The molecule has 8 nitrogen and oxygen atoms in total. The number of hydrogen-bond acceptors (Lipinski definition) is 7. The van der Waals surface area contributed by atoms with Gasteiger partial charge in [0.1, 0.15) is 12.0 Å². The van der Waals surface area contributed by atoms with Crippen molar-refractivity contribution in [2.45, 2.75) is 30.7 Å². The molecule has 36 heavy (non-hydrogen) atoms. The Kier molecular flexibility index (Phi) is 7.59. The van der Waals surface area contributed by atoms with Crippen molar-refractivity contribution in [3.63, 3.8) is 0 Å². The molecule has 3 heterocycles. The van der Waals surface area contributed by atoms with Gasteiger partial charge in [-0.1, -0.05) is 12.1 Å². The topological polar surface area (TPSA) is 90.8 Å². The Labute approximate surface area is 204 Å². The monoisotopic (exact) mass is 515 g/mol. The highest BCUT2D eigenvalue weighted by Crippen LogP contribution is 2.35. The van der Waals surface area contributed by atoms with Crippen LogP contribution in [0.1, 0.15) is 30.0 Å². The number of halogens is 5. The molecule has 0 aliphatic carbocycles. The zero-order valence-electron chi connectivity index (χ0n) is 19.3. The van der Waals surface area contributed by atoms with E-state index < -0.39 is 35.2 Å². The van der Waals surface area contributed by atoms with Gasteiger partial charge in [0, 0.05) is 19.6 Å². The van der Waals surface area contributed by atoms with Crippen molar-refractivity contribution < 1.29 is 36.6 Å². The van der Waals surface area contributed by atoms with Crippen LogP contribution in [0, 0.1) is 5.82 Å². The van der Waals surface area contributed by atoms with Gasteiger partial charge >= 0.3 is 12.1 Å². The molecule has 1 aromatic carbocycles. The minimum absolute atomic E-state index is 0.0649. The number of ether oxygens (including phenoxy) is 1. The Bertz CT molecular complexity index is 1060. The largest absolute Gasteiger partial charge is 0.480 e. The van der Waals surface area contributed by atoms with E-state index in [1.54, 1.807) is 9.80 Å². The number of benzene rings is 1. The van der Waals surface area contributed by atoms with Crippen LogP contribution in [-0.2, 0) is 15.7 Å². The maximum absolute atomic E-state index is 15.4. The Hall–Kier alpha value is -3.06. The van der Waals surface area contributed by atoms with E-state index in [4.69, 9.17) is 9.84 Å². The SMILES string of the molecule is O=C(O)CN1CCC(F)(CNc2ncnc(N3CCOC[C@@H]3c3ccc(C(F)(F)F)cc3)c2F)CC1. The molecule has 0 radical (unpaired) electrons. The predicted molar refractivity (Wildman–Crippen MR) is 120 cm³/mol. The molecule has 2 saturated heterocycles. The average Bonchev–Trinajstić information content (AvgIpc) is 2.84. The van der Waals surface area contributed by atoms with Crippen LogP contribution < -0.4 is 10.2 Å². The van der Waals surface area contributed by atoms with E-state index in [-0.39, 0.29) is 70.4 Å². The lowest BCUT2D eigenvalue weighted by Gasteiger charge is -2.37. The molecule has 2 aromatic rings. The van der Waals surface area contributed by atoms with E-state index in [0.717, 1.165) is 18.5 Å². The maximum Gasteiger partial charge on any atom is 0.416 e. The summed E-state index contributed by atoms with van der Waals surface area (Å²) in [6, 6.07) is 4.01. The lowest BCUT2D eigenvalue weighted by Crippen LogP contribution is -2.47. The van der Waals surface area contributed by atoms with Gasteiger partial charge in [-0.2, -0.15) is 17.6 Å². The average molecular weight is 515 g/mol. The number of anilines is 2. The van der Waals surface area contributed by atoms with Crippen molar-refractivity contribution in [1.29, 1.82) is 0 Å². The molecule has 196 valence electrons. The molecule has 2 aliphatic heterocycles. The van der Waals surface area contributed by atoms with Crippen molar-refractivity contribution >= 4 is 17.6 Å². The summed E-state index contributed by atoms with van der Waals surface area (Å²) >= 11 is 0. The van der Waals surface area contributed by atoms with Gasteiger partial charge in [-0.25, -0.2) is 14.4 Å². The number of carboxylic acid groups (broad SMARTS) is 1. The number of carbonyl (C=O) groups is 1. The number of nitrogens with zero attached hydrogens (tertiary/aromatic N) is 4. The van der Waals surface area contributed by atoms with E-state index in [0.29, 0.717) is 5.56 Å². The van der Waals surface area contributed by atoms with Gasteiger partial charge in [0.2, 0.25) is 5.82 Å². The third-order valence-electron chi connectivity index (χ3n) is 6.48. The van der Waals surface area contributed by atoms with Crippen molar-refractivity contribution in [2.75, 3.05) is 56.2 Å². The quantitative estimate of drug-likeness (QED) is 0.542. The number of rotatable bonds is 7. The number of piperidine rings is 1. The zero-order valence-corrected chi connectivity index (χ0v) is 19.3. The zero-order chi connectivity index (χ0) is 25.9. The third-order valence-corrected chi connectivity index (χ3v) is 6.48. The molecule has 0 unspecified atom stereocenters. The van der Waals surface area contributed by atoms with Crippen molar-refractivity contribution in [1.82, 2.24) is 14.9 Å². The predicted octanol–water partition coefficient (Wildman–Crippen LogP) is 3.51. The van der Waals surface area contributed by atoms with E-state index in [2.05, 4.69) is 15.3 Å². The van der Waals surface area contributed by atoms with E-state index >= 15 is 8.78 Å². The lowest BCUT2D eigenvalue weighted by molar-refractivity contribution is -0.139. The Morgan fingerprint density at radius 1 is 1.17 bits per heavy atom. The molecule has 2 fully saturated rings. The smallest absolute Gasteiger partial charge is 0.416 e. The molecular weight excluding hydrogens is 489 g/mol. The molecule has 13 heteroatoms. The Morgan fingerprint density at radius 2 is 1.86 bits per heavy atom. The minimum atomic E-state index is -4.47. The van der Waals surface area contributed by atoms with Crippen LogP contribution in [-0.4, -0.2) is 77.6 Å². The highest BCUT2D eigenvalue weighted by Gasteiger charge is 2.36. The number of aromatic nitrogens is 2. The van der Waals surface area contributed by atoms with Crippen molar-refractivity contribution in [3.8, 4) is 0 Å². The summed E-state index contributed by atoms with van der Waals surface area (Å²) in [7, 11) is 0. The number of carboxylic acids is 1. The second-order valence-corrected chi connectivity index (χ2v) is 8.94. The van der Waals surface area contributed by atoms with Gasteiger partial charge in [-0.3, -0.25) is 9.69 Å². The van der Waals surface area contributed by atoms with Crippen LogP contribution in [0.2, 0.25) is 0 Å². The van der Waals surface area contributed by atoms with Gasteiger partial charge in [0.15, 0.2) is 11.6 Å². The summed E-state index contributed by atoms with van der Waals surface area (Å²) in [5.74, 6) is -2.04. The first kappa shape index (κ1) is 26.0. The molecule has 2 N–H and O–H groups in total. The molecule has 0 saturated carbocycles. The van der Waals surface area contributed by atoms with Crippen LogP contribution in [0.4, 0.5) is 33.6 Å². The summed E-state index contributed by atoms with van der Waals surface area (Å²) in [5.41, 5.74) is -1.94. The minimum Gasteiger partial charge on any atom is -0.480 e. The molecule has 0 bridgehead atoms. The summed E-state index contributed by atoms with van der Waals surface area (Å²) in [5, 5.41) is 11.6. The number of hydrogen-bond donors (Lipinski definition) is 2. The fourth-order valence-corrected chi connectivity index (χ4v) is 4.43. The lowest BCUT2D eigenvalue weighted by atomic mass is 9.93. The molecule has 0 amide bonds. The van der Waals surface area contributed by atoms with Gasteiger partial charge in [0.25, 0.3) is 0 Å². The van der Waals surface area contributed by atoms with Crippen LogP contribution in [0.15, 0.2) is 30.6 Å². The van der Waals surface area contributed by atoms with Crippen LogP contribution in [0.3, 0.4) is 0 Å². The molecule has 0 spiro atoms. The normalized spacial score (nSPS) is 20.8. The first-order chi connectivity index (χ1) is 17.1. The highest BCUT2D eigenvalue weighted by molar-refractivity contribution is 5.69. The van der Waals surface area contributed by atoms with Gasteiger partial charge in [0.05, 0.1) is 37.9 Å². The summed E-state index contributed by atoms with van der Waals surface area (Å²) in [4.78, 5) is 22.0. The summed E-state index contributed by atoms with van der Waals surface area (Å²) in [6.45, 7) is 0.794. The number of alkyl halides is 4. The fraction of sp³-hybridized carbons (Fsp3) is 0.522. The Balaban J connectivity index is 1.47. The van der Waals surface area contributed by atoms with E-state index in [1.807, 2.05) is 0 Å². The molecule has 1 atom stereocenters. The summed E-state index contributed by atoms with van der Waals surface area (Å²) in [6.07, 6.45) is -3.15. The standard InChI is InChI=1S/C23H26F5N5O3/c24-19-20(29-13-22(25)5-7-32(8-6-22)11-18(34)35)30-14-31-21(19)33-9-10-36-12-17(33)15-1-3-16(4-2-15)23(26,27)28/h1-4,14,17H,5-13H2,(H,34,35)(H,29,30,31)/t17-/m1/s1. The van der Waals surface area contributed by atoms with Crippen LogP contribution >= 0.6 is 0 Å². The Morgan fingerprint density at radius 3 is 2.50 bits per heavy atom. The number of likely N-dealkylation sites (tertiary alicyclic amines) is 1. The highest BCUT2D eigenvalue weighted by atomic mass is 19.4. The van der Waals surface area contributed by atoms with Gasteiger partial charge < -0.3 is 20.1 Å². The number of aliphatic carboxylic acids is 1. The van der Waals surface area contributed by atoms with Gasteiger partial charge in [-0.15, -0.1) is 0 Å². The molecule has 1 aromatic heterocycles. The second-order valence-electron chi connectivity index (χ2n) is 8.94. The molecular formula is C23H26F5N5O3. The van der Waals surface area contributed by atoms with E-state index in [9.17, 15) is 18.0 Å². The maximum atomic E-state index is 15.4. The fourth-order valence-electron chi connectivity index (χ4n) is 4.43. The number of morpholine rings is 1. The summed E-state index contributed by atoms with van der Waals surface area (Å²) < 4.78 is 75.0. The van der Waals surface area contributed by atoms with Crippen LogP contribution in [0.25, 0.3) is 0 Å². The number of nitrogens with one attached hydrogen (secondary N) is 1.